The third-order valence-corrected chi connectivity index (χ3v) is 5.23. The Kier molecular flexibility index (Phi) is 4.02. The fraction of sp³-hybridized carbons (Fsp3) is 0.412. The summed E-state index contributed by atoms with van der Waals surface area (Å²) in [5, 5.41) is 9.85. The van der Waals surface area contributed by atoms with Gasteiger partial charge in [0.05, 0.1) is 12.6 Å². The first-order chi connectivity index (χ1) is 11.7. The number of nitrogens with zero attached hydrogens (tertiary/aromatic N) is 6. The predicted molar refractivity (Wildman–Crippen MR) is 94.3 cm³/mol. The zero-order valence-electron chi connectivity index (χ0n) is 13.9. The molecule has 124 valence electrons. The number of hydrogen-bond donors (Lipinski definition) is 0. The maximum absolute atomic E-state index is 4.50. The molecule has 6 nitrogen and oxygen atoms in total. The minimum absolute atomic E-state index is 0.332. The van der Waals surface area contributed by atoms with Gasteiger partial charge >= 0.3 is 0 Å². The van der Waals surface area contributed by atoms with Crippen molar-refractivity contribution in [2.24, 2.45) is 0 Å². The van der Waals surface area contributed by atoms with Crippen molar-refractivity contribution >= 4 is 16.7 Å². The van der Waals surface area contributed by atoms with Crippen LogP contribution in [0.25, 0.3) is 0 Å². The van der Waals surface area contributed by atoms with Crippen molar-refractivity contribution in [1.29, 1.82) is 0 Å². The Labute approximate surface area is 145 Å². The smallest absolute Gasteiger partial charge is 0.205 e. The minimum atomic E-state index is 0.332. The van der Waals surface area contributed by atoms with E-state index in [-0.39, 0.29) is 0 Å². The van der Waals surface area contributed by atoms with Crippen LogP contribution in [0.1, 0.15) is 36.0 Å². The van der Waals surface area contributed by atoms with Gasteiger partial charge in [0.2, 0.25) is 5.13 Å². The molecule has 1 aliphatic heterocycles. The second-order valence-corrected chi connectivity index (χ2v) is 6.97. The Morgan fingerprint density at radius 2 is 2.00 bits per heavy atom. The molecule has 0 N–H and O–H groups in total. The van der Waals surface area contributed by atoms with E-state index in [1.165, 1.54) is 17.1 Å². The van der Waals surface area contributed by atoms with E-state index in [9.17, 15) is 0 Å². The van der Waals surface area contributed by atoms with Crippen LogP contribution in [-0.2, 0) is 19.4 Å². The van der Waals surface area contributed by atoms with Gasteiger partial charge < -0.3 is 9.47 Å². The highest BCUT2D eigenvalue weighted by atomic mass is 32.1. The zero-order chi connectivity index (χ0) is 16.5. The van der Waals surface area contributed by atoms with E-state index in [2.05, 4.69) is 60.2 Å². The lowest BCUT2D eigenvalue weighted by molar-refractivity contribution is 0.448. The molecule has 0 radical (unpaired) electrons. The van der Waals surface area contributed by atoms with Crippen molar-refractivity contribution in [3.63, 3.8) is 0 Å². The summed E-state index contributed by atoms with van der Waals surface area (Å²) >= 11 is 1.45. The van der Waals surface area contributed by atoms with Crippen LogP contribution in [0.2, 0.25) is 0 Å². The number of rotatable bonds is 4. The quantitative estimate of drug-likeness (QED) is 0.731. The van der Waals surface area contributed by atoms with E-state index in [1.54, 1.807) is 0 Å². The SMILES string of the molecule is Cc1nsc(N2Cc3nnc(CCc4ccccc4)n3[C@@H](C)C2)n1. The molecule has 0 fully saturated rings. The highest BCUT2D eigenvalue weighted by Crippen LogP contribution is 2.27. The second kappa shape index (κ2) is 6.32. The topological polar surface area (TPSA) is 59.7 Å². The van der Waals surface area contributed by atoms with Crippen LogP contribution in [0.15, 0.2) is 30.3 Å². The van der Waals surface area contributed by atoms with Gasteiger partial charge in [-0.3, -0.25) is 0 Å². The van der Waals surface area contributed by atoms with Gasteiger partial charge in [-0.25, -0.2) is 4.98 Å². The van der Waals surface area contributed by atoms with Crippen LogP contribution in [0.4, 0.5) is 5.13 Å². The molecule has 0 amide bonds. The molecule has 3 heterocycles. The van der Waals surface area contributed by atoms with Gasteiger partial charge in [0.1, 0.15) is 11.6 Å². The van der Waals surface area contributed by atoms with Gasteiger partial charge in [0.15, 0.2) is 5.82 Å². The predicted octanol–water partition coefficient (Wildman–Crippen LogP) is 2.80. The fourth-order valence-electron chi connectivity index (χ4n) is 3.24. The molecule has 1 atom stereocenters. The van der Waals surface area contributed by atoms with E-state index in [1.807, 2.05) is 13.0 Å². The highest BCUT2D eigenvalue weighted by molar-refractivity contribution is 7.09. The Hall–Kier alpha value is -2.28. The van der Waals surface area contributed by atoms with E-state index in [0.29, 0.717) is 6.04 Å². The molecule has 4 rings (SSSR count). The van der Waals surface area contributed by atoms with Gasteiger partial charge in [-0.15, -0.1) is 10.2 Å². The van der Waals surface area contributed by atoms with Crippen LogP contribution >= 0.6 is 11.5 Å². The molecule has 1 aromatic carbocycles. The van der Waals surface area contributed by atoms with Gasteiger partial charge in [0, 0.05) is 24.5 Å². The molecule has 24 heavy (non-hydrogen) atoms. The van der Waals surface area contributed by atoms with Crippen molar-refractivity contribution in [3.8, 4) is 0 Å². The number of fused-ring (bicyclic) bond motifs is 1. The van der Waals surface area contributed by atoms with E-state index < -0.39 is 0 Å². The van der Waals surface area contributed by atoms with Gasteiger partial charge in [-0.2, -0.15) is 4.37 Å². The summed E-state index contributed by atoms with van der Waals surface area (Å²) in [5.74, 6) is 2.93. The normalized spacial score (nSPS) is 17.1. The van der Waals surface area contributed by atoms with Crippen LogP contribution < -0.4 is 4.90 Å². The molecule has 0 unspecified atom stereocenters. The Morgan fingerprint density at radius 1 is 1.17 bits per heavy atom. The van der Waals surface area contributed by atoms with E-state index in [0.717, 1.165) is 48.5 Å². The summed E-state index contributed by atoms with van der Waals surface area (Å²) in [4.78, 5) is 6.75. The third kappa shape index (κ3) is 2.91. The summed E-state index contributed by atoms with van der Waals surface area (Å²) in [7, 11) is 0. The summed E-state index contributed by atoms with van der Waals surface area (Å²) in [6.45, 7) is 5.81. The Bertz CT molecular complexity index is 825. The monoisotopic (exact) mass is 340 g/mol. The molecule has 0 saturated carbocycles. The molecular formula is C17H20N6S. The number of aryl methyl sites for hydroxylation is 3. The van der Waals surface area contributed by atoms with Crippen LogP contribution in [0.3, 0.4) is 0 Å². The van der Waals surface area contributed by atoms with Crippen molar-refractivity contribution in [1.82, 2.24) is 24.1 Å². The van der Waals surface area contributed by atoms with E-state index >= 15 is 0 Å². The summed E-state index contributed by atoms with van der Waals surface area (Å²) in [5.41, 5.74) is 1.34. The lowest BCUT2D eigenvalue weighted by atomic mass is 10.1. The lowest BCUT2D eigenvalue weighted by Gasteiger charge is -2.32. The standard InChI is InChI=1S/C17H20N6S/c1-12-10-22(17-18-13(2)21-24-17)11-16-20-19-15(23(12)16)9-8-14-6-4-3-5-7-14/h3-7,12H,8-11H2,1-2H3/t12-/m0/s1. The summed E-state index contributed by atoms with van der Waals surface area (Å²) in [6, 6.07) is 10.9. The molecule has 0 saturated heterocycles. The van der Waals surface area contributed by atoms with Crippen LogP contribution in [0, 0.1) is 6.92 Å². The van der Waals surface area contributed by atoms with Crippen molar-refractivity contribution in [2.75, 3.05) is 11.4 Å². The van der Waals surface area contributed by atoms with Crippen LogP contribution in [0.5, 0.6) is 0 Å². The molecule has 0 aliphatic carbocycles. The average Bonchev–Trinajstić information content (AvgIpc) is 3.20. The summed E-state index contributed by atoms with van der Waals surface area (Å²) < 4.78 is 6.59. The maximum Gasteiger partial charge on any atom is 0.205 e. The number of aromatic nitrogens is 5. The van der Waals surface area contributed by atoms with Crippen molar-refractivity contribution in [2.45, 2.75) is 39.3 Å². The second-order valence-electron chi connectivity index (χ2n) is 6.24. The molecule has 0 bridgehead atoms. The molecule has 2 aromatic heterocycles. The Morgan fingerprint density at radius 3 is 2.75 bits per heavy atom. The molecule has 1 aliphatic rings. The fourth-order valence-corrected chi connectivity index (χ4v) is 3.93. The lowest BCUT2D eigenvalue weighted by Crippen LogP contribution is -2.37. The van der Waals surface area contributed by atoms with E-state index in [4.69, 9.17) is 0 Å². The van der Waals surface area contributed by atoms with Crippen molar-refractivity contribution < 1.29 is 0 Å². The van der Waals surface area contributed by atoms with Gasteiger partial charge in [0.25, 0.3) is 0 Å². The number of anilines is 1. The first kappa shape index (κ1) is 15.3. The van der Waals surface area contributed by atoms with Gasteiger partial charge in [-0.1, -0.05) is 30.3 Å². The largest absolute Gasteiger partial charge is 0.337 e. The molecule has 0 spiro atoms. The highest BCUT2D eigenvalue weighted by Gasteiger charge is 2.27. The molecular weight excluding hydrogens is 320 g/mol. The zero-order valence-corrected chi connectivity index (χ0v) is 14.7. The average molecular weight is 340 g/mol. The molecule has 7 heteroatoms. The Balaban J connectivity index is 1.52. The minimum Gasteiger partial charge on any atom is -0.337 e. The van der Waals surface area contributed by atoms with Crippen molar-refractivity contribution in [3.05, 3.63) is 53.4 Å². The maximum atomic E-state index is 4.50. The third-order valence-electron chi connectivity index (χ3n) is 4.36. The molecule has 3 aromatic rings. The number of benzene rings is 1. The first-order valence-electron chi connectivity index (χ1n) is 8.22. The van der Waals surface area contributed by atoms with Gasteiger partial charge in [-0.05, 0) is 25.8 Å². The summed E-state index contributed by atoms with van der Waals surface area (Å²) in [6.07, 6.45) is 1.91. The number of hydrogen-bond acceptors (Lipinski definition) is 6. The van der Waals surface area contributed by atoms with Crippen LogP contribution in [-0.4, -0.2) is 30.7 Å². The first-order valence-corrected chi connectivity index (χ1v) is 9.00.